The highest BCUT2D eigenvalue weighted by molar-refractivity contribution is 5.71. The lowest BCUT2D eigenvalue weighted by atomic mass is 10.0. The highest BCUT2D eigenvalue weighted by Crippen LogP contribution is 2.18. The summed E-state index contributed by atoms with van der Waals surface area (Å²) < 4.78 is 16.9. The molecule has 76 heavy (non-hydrogen) atoms. The lowest BCUT2D eigenvalue weighted by Crippen LogP contribution is -2.30. The van der Waals surface area contributed by atoms with E-state index in [1.54, 1.807) is 0 Å². The summed E-state index contributed by atoms with van der Waals surface area (Å²) in [5, 5.41) is 0. The normalized spacial score (nSPS) is 12.3. The van der Waals surface area contributed by atoms with Crippen LogP contribution >= 0.6 is 0 Å². The van der Waals surface area contributed by atoms with Crippen LogP contribution in [0, 0.1) is 0 Å². The third-order valence-corrected chi connectivity index (χ3v) is 15.1. The molecular formula is C70H128O6. The first-order valence-corrected chi connectivity index (χ1v) is 33.6. The number of hydrogen-bond acceptors (Lipinski definition) is 6. The molecule has 0 aromatic heterocycles. The Morgan fingerprint density at radius 3 is 0.763 bits per heavy atom. The Morgan fingerprint density at radius 1 is 0.263 bits per heavy atom. The van der Waals surface area contributed by atoms with E-state index < -0.39 is 6.10 Å². The van der Waals surface area contributed by atoms with Crippen molar-refractivity contribution in [3.8, 4) is 0 Å². The average molecular weight is 1070 g/mol. The Hall–Kier alpha value is -2.63. The zero-order valence-electron chi connectivity index (χ0n) is 51.0. The third-order valence-electron chi connectivity index (χ3n) is 15.1. The first-order valence-electron chi connectivity index (χ1n) is 33.6. The number of allylic oxidation sites excluding steroid dienone is 8. The Balaban J connectivity index is 4.24. The number of ether oxygens (including phenoxy) is 3. The Labute approximate surface area is 473 Å². The van der Waals surface area contributed by atoms with Crippen LogP contribution in [0.3, 0.4) is 0 Å². The molecule has 0 radical (unpaired) electrons. The van der Waals surface area contributed by atoms with Gasteiger partial charge in [-0.1, -0.05) is 313 Å². The van der Waals surface area contributed by atoms with Crippen LogP contribution in [0.4, 0.5) is 0 Å². The van der Waals surface area contributed by atoms with Gasteiger partial charge in [-0.3, -0.25) is 14.4 Å². The third kappa shape index (κ3) is 62.2. The molecule has 0 aliphatic carbocycles. The second-order valence-corrected chi connectivity index (χ2v) is 22.7. The summed E-state index contributed by atoms with van der Waals surface area (Å²) in [4.78, 5) is 38.3. The van der Waals surface area contributed by atoms with Gasteiger partial charge < -0.3 is 14.2 Å². The molecule has 0 N–H and O–H groups in total. The topological polar surface area (TPSA) is 78.9 Å². The fraction of sp³-hybridized carbons (Fsp3) is 0.843. The number of carbonyl (C=O) groups is 3. The van der Waals surface area contributed by atoms with E-state index in [-0.39, 0.29) is 31.1 Å². The van der Waals surface area contributed by atoms with Crippen LogP contribution in [-0.4, -0.2) is 37.2 Å². The van der Waals surface area contributed by atoms with E-state index in [9.17, 15) is 14.4 Å². The molecule has 0 fully saturated rings. The van der Waals surface area contributed by atoms with Gasteiger partial charge in [0.15, 0.2) is 6.10 Å². The standard InChI is InChI=1S/C70H128O6/c1-4-7-10-13-16-19-22-25-28-30-31-32-33-34-35-36-37-38-39-41-42-45-48-51-54-57-60-63-69(72)75-66-67(65-74-68(71)62-59-56-53-50-47-44-27-24-21-18-15-12-9-6-3)76-70(73)64-61-58-55-52-49-46-43-40-29-26-23-20-17-14-11-8-5-2/h15,18,22,24-25,27,30-31,67H,4-14,16-17,19-21,23,26,28-29,32-66H2,1-3H3/b18-15-,25-22-,27-24-,31-30-. The summed E-state index contributed by atoms with van der Waals surface area (Å²) in [6, 6.07) is 0. The summed E-state index contributed by atoms with van der Waals surface area (Å²) in [7, 11) is 0. The zero-order chi connectivity index (χ0) is 55.0. The number of carbonyl (C=O) groups excluding carboxylic acids is 3. The first kappa shape index (κ1) is 73.4. The zero-order valence-corrected chi connectivity index (χ0v) is 51.0. The van der Waals surface area contributed by atoms with Crippen molar-refractivity contribution in [1.29, 1.82) is 0 Å². The van der Waals surface area contributed by atoms with Crippen LogP contribution in [0.5, 0.6) is 0 Å². The molecule has 0 aliphatic heterocycles. The highest BCUT2D eigenvalue weighted by Gasteiger charge is 2.19. The van der Waals surface area contributed by atoms with E-state index in [1.165, 1.54) is 238 Å². The maximum Gasteiger partial charge on any atom is 0.306 e. The van der Waals surface area contributed by atoms with E-state index >= 15 is 0 Å². The lowest BCUT2D eigenvalue weighted by molar-refractivity contribution is -0.167. The highest BCUT2D eigenvalue weighted by atomic mass is 16.6. The van der Waals surface area contributed by atoms with Gasteiger partial charge in [0.1, 0.15) is 13.2 Å². The van der Waals surface area contributed by atoms with Crippen LogP contribution in [0.25, 0.3) is 0 Å². The molecule has 0 saturated carbocycles. The number of esters is 3. The van der Waals surface area contributed by atoms with Gasteiger partial charge in [0.05, 0.1) is 0 Å². The molecular weight excluding hydrogens is 937 g/mol. The number of unbranched alkanes of at least 4 members (excludes halogenated alkanes) is 43. The largest absolute Gasteiger partial charge is 0.462 e. The molecule has 1 unspecified atom stereocenters. The summed E-state index contributed by atoms with van der Waals surface area (Å²) in [6.07, 6.45) is 81.3. The van der Waals surface area contributed by atoms with Gasteiger partial charge in [-0.15, -0.1) is 0 Å². The summed E-state index contributed by atoms with van der Waals surface area (Å²) in [5.41, 5.74) is 0. The lowest BCUT2D eigenvalue weighted by Gasteiger charge is -2.18. The SMILES string of the molecule is CCCC/C=C\C/C=C\CCCCCCCC(=O)OCC(COC(=O)CCCCCCCCCCCCCCCCC/C=C\C/C=C\CCCCCCC)OC(=O)CCCCCCCCCCCCCCCCCCC. The van der Waals surface area contributed by atoms with E-state index in [1.807, 2.05) is 0 Å². The first-order chi connectivity index (χ1) is 37.5. The van der Waals surface area contributed by atoms with Crippen LogP contribution in [0.15, 0.2) is 48.6 Å². The van der Waals surface area contributed by atoms with Gasteiger partial charge >= 0.3 is 17.9 Å². The quantitative estimate of drug-likeness (QED) is 0.0261. The molecule has 0 amide bonds. The molecule has 0 aliphatic rings. The van der Waals surface area contributed by atoms with Crippen molar-refractivity contribution in [2.75, 3.05) is 13.2 Å². The molecule has 1 atom stereocenters. The van der Waals surface area contributed by atoms with Crippen LogP contribution in [0.1, 0.15) is 361 Å². The molecule has 0 heterocycles. The van der Waals surface area contributed by atoms with Gasteiger partial charge in [-0.25, -0.2) is 0 Å². The molecule has 0 bridgehead atoms. The van der Waals surface area contributed by atoms with Crippen LogP contribution < -0.4 is 0 Å². The van der Waals surface area contributed by atoms with Crippen molar-refractivity contribution in [3.05, 3.63) is 48.6 Å². The van der Waals surface area contributed by atoms with Crippen LogP contribution in [-0.2, 0) is 28.6 Å². The molecule has 0 aromatic carbocycles. The van der Waals surface area contributed by atoms with E-state index in [0.717, 1.165) is 83.5 Å². The van der Waals surface area contributed by atoms with Gasteiger partial charge in [0.2, 0.25) is 0 Å². The second-order valence-electron chi connectivity index (χ2n) is 22.7. The maximum absolute atomic E-state index is 12.9. The molecule has 0 spiro atoms. The summed E-state index contributed by atoms with van der Waals surface area (Å²) in [6.45, 7) is 6.64. The van der Waals surface area contributed by atoms with Crippen molar-refractivity contribution in [2.45, 2.75) is 367 Å². The van der Waals surface area contributed by atoms with Gasteiger partial charge in [0.25, 0.3) is 0 Å². The van der Waals surface area contributed by atoms with Crippen LogP contribution in [0.2, 0.25) is 0 Å². The number of hydrogen-bond donors (Lipinski definition) is 0. The molecule has 0 rings (SSSR count). The van der Waals surface area contributed by atoms with Gasteiger partial charge in [-0.05, 0) is 77.0 Å². The maximum atomic E-state index is 12.9. The molecule has 6 nitrogen and oxygen atoms in total. The van der Waals surface area contributed by atoms with Crippen molar-refractivity contribution in [3.63, 3.8) is 0 Å². The van der Waals surface area contributed by atoms with Crippen molar-refractivity contribution in [1.82, 2.24) is 0 Å². The molecule has 6 heteroatoms. The van der Waals surface area contributed by atoms with Crippen molar-refractivity contribution in [2.24, 2.45) is 0 Å². The smallest absolute Gasteiger partial charge is 0.306 e. The predicted molar refractivity (Wildman–Crippen MR) is 330 cm³/mol. The van der Waals surface area contributed by atoms with Crippen molar-refractivity contribution >= 4 is 17.9 Å². The van der Waals surface area contributed by atoms with Crippen molar-refractivity contribution < 1.29 is 28.6 Å². The predicted octanol–water partition coefficient (Wildman–Crippen LogP) is 22.9. The van der Waals surface area contributed by atoms with Gasteiger partial charge in [-0.2, -0.15) is 0 Å². The molecule has 0 aromatic rings. The minimum atomic E-state index is -0.777. The summed E-state index contributed by atoms with van der Waals surface area (Å²) >= 11 is 0. The minimum Gasteiger partial charge on any atom is -0.462 e. The fourth-order valence-corrected chi connectivity index (χ4v) is 9.96. The Bertz CT molecular complexity index is 1310. The molecule has 444 valence electrons. The fourth-order valence-electron chi connectivity index (χ4n) is 9.96. The minimum absolute atomic E-state index is 0.0733. The average Bonchev–Trinajstić information content (AvgIpc) is 3.42. The van der Waals surface area contributed by atoms with E-state index in [2.05, 4.69) is 69.4 Å². The Morgan fingerprint density at radius 2 is 0.487 bits per heavy atom. The van der Waals surface area contributed by atoms with E-state index in [0.29, 0.717) is 19.3 Å². The van der Waals surface area contributed by atoms with Gasteiger partial charge in [0, 0.05) is 19.3 Å². The summed E-state index contributed by atoms with van der Waals surface area (Å²) in [5.74, 6) is -0.864. The monoisotopic (exact) mass is 1060 g/mol. The molecule has 0 saturated heterocycles. The second kappa shape index (κ2) is 64.9. The number of rotatable bonds is 62. The Kier molecular flexibility index (Phi) is 62.6. The van der Waals surface area contributed by atoms with E-state index in [4.69, 9.17) is 14.2 Å².